The predicted molar refractivity (Wildman–Crippen MR) is 49.7 cm³/mol. The average Bonchev–Trinajstić information content (AvgIpc) is 2.16. The minimum atomic E-state index is -4.58. The molecule has 0 saturated heterocycles. The van der Waals surface area contributed by atoms with Gasteiger partial charge in [-0.3, -0.25) is 0 Å². The fourth-order valence-electron chi connectivity index (χ4n) is 1.10. The Balaban J connectivity index is 3.41. The summed E-state index contributed by atoms with van der Waals surface area (Å²) in [4.78, 5) is 3.21. The molecule has 1 heterocycles. The summed E-state index contributed by atoms with van der Waals surface area (Å²) < 4.78 is 37.3. The first-order chi connectivity index (χ1) is 6.90. The lowest BCUT2D eigenvalue weighted by Crippen LogP contribution is -2.13. The van der Waals surface area contributed by atoms with Crippen LogP contribution >= 0.6 is 0 Å². The highest BCUT2D eigenvalue weighted by atomic mass is 19.4. The minimum Gasteiger partial charge on any atom is -0.392 e. The van der Waals surface area contributed by atoms with Crippen LogP contribution in [0.5, 0.6) is 0 Å². The summed E-state index contributed by atoms with van der Waals surface area (Å²) in [6, 6.07) is 1.12. The first kappa shape index (κ1) is 11.5. The second kappa shape index (κ2) is 3.90. The normalized spacial score (nSPS) is 11.5. The van der Waals surface area contributed by atoms with E-state index in [0.717, 1.165) is 12.1 Å². The summed E-state index contributed by atoms with van der Waals surface area (Å²) >= 11 is 0. The molecule has 3 N–H and O–H groups in total. The van der Waals surface area contributed by atoms with E-state index in [4.69, 9.17) is 10.8 Å². The van der Waals surface area contributed by atoms with Crippen molar-refractivity contribution < 1.29 is 18.3 Å². The minimum absolute atomic E-state index is 0.151. The quantitative estimate of drug-likeness (QED) is 0.795. The molecule has 1 aromatic rings. The van der Waals surface area contributed by atoms with Crippen LogP contribution in [0.15, 0.2) is 12.6 Å². The lowest BCUT2D eigenvalue weighted by atomic mass is 10.1. The summed E-state index contributed by atoms with van der Waals surface area (Å²) in [7, 11) is 0. The van der Waals surface area contributed by atoms with E-state index >= 15 is 0 Å². The number of nitrogen functional groups attached to an aromatic ring is 1. The molecule has 1 rings (SSSR count). The van der Waals surface area contributed by atoms with E-state index in [2.05, 4.69) is 11.6 Å². The van der Waals surface area contributed by atoms with Gasteiger partial charge in [-0.1, -0.05) is 12.7 Å². The van der Waals surface area contributed by atoms with Crippen LogP contribution in [0.2, 0.25) is 0 Å². The van der Waals surface area contributed by atoms with Crippen molar-refractivity contribution in [3.05, 3.63) is 29.5 Å². The Bertz CT molecular complexity index is 388. The molecule has 0 bridgehead atoms. The molecular weight excluding hydrogens is 209 g/mol. The van der Waals surface area contributed by atoms with Gasteiger partial charge in [0.1, 0.15) is 5.82 Å². The van der Waals surface area contributed by atoms with E-state index < -0.39 is 18.5 Å². The summed E-state index contributed by atoms with van der Waals surface area (Å²) in [5.41, 5.74) is 4.11. The van der Waals surface area contributed by atoms with Gasteiger partial charge in [-0.05, 0) is 6.07 Å². The molecule has 0 atom stereocenters. The number of nitrogens with zero attached hydrogens (tertiary/aromatic N) is 1. The molecule has 0 radical (unpaired) electrons. The molecule has 0 aliphatic carbocycles. The molecule has 6 heteroatoms. The van der Waals surface area contributed by atoms with Crippen molar-refractivity contribution in [1.29, 1.82) is 0 Å². The van der Waals surface area contributed by atoms with Crippen molar-refractivity contribution in [3.8, 4) is 0 Å². The van der Waals surface area contributed by atoms with Crippen LogP contribution in [0, 0.1) is 0 Å². The summed E-state index contributed by atoms with van der Waals surface area (Å²) in [6.07, 6.45) is -3.56. The third-order valence-electron chi connectivity index (χ3n) is 1.82. The van der Waals surface area contributed by atoms with Crippen molar-refractivity contribution in [1.82, 2.24) is 4.98 Å². The molecule has 0 amide bonds. The van der Waals surface area contributed by atoms with E-state index in [1.54, 1.807) is 0 Å². The van der Waals surface area contributed by atoms with E-state index in [1.165, 1.54) is 0 Å². The van der Waals surface area contributed by atoms with Crippen LogP contribution < -0.4 is 5.73 Å². The molecule has 82 valence electrons. The van der Waals surface area contributed by atoms with E-state index in [1.807, 2.05) is 0 Å². The summed E-state index contributed by atoms with van der Waals surface area (Å²) in [5, 5.41) is 8.80. The van der Waals surface area contributed by atoms with Gasteiger partial charge < -0.3 is 10.8 Å². The van der Waals surface area contributed by atoms with Gasteiger partial charge >= 0.3 is 6.18 Å². The van der Waals surface area contributed by atoms with E-state index in [0.29, 0.717) is 0 Å². The van der Waals surface area contributed by atoms with E-state index in [-0.39, 0.29) is 16.9 Å². The number of nitrogens with two attached hydrogens (primary N) is 1. The number of aliphatic hydroxyl groups is 1. The molecular formula is C9H9F3N2O. The lowest BCUT2D eigenvalue weighted by molar-refractivity contribution is -0.141. The van der Waals surface area contributed by atoms with E-state index in [9.17, 15) is 13.2 Å². The molecule has 0 unspecified atom stereocenters. The zero-order valence-electron chi connectivity index (χ0n) is 7.67. The van der Waals surface area contributed by atoms with Crippen LogP contribution in [0.4, 0.5) is 19.0 Å². The molecule has 0 saturated carbocycles. The molecule has 0 fully saturated rings. The number of alkyl halides is 3. The molecule has 0 spiro atoms. The van der Waals surface area contributed by atoms with Crippen LogP contribution in [0.3, 0.4) is 0 Å². The maximum absolute atomic E-state index is 12.4. The molecule has 15 heavy (non-hydrogen) atoms. The lowest BCUT2D eigenvalue weighted by Gasteiger charge is -2.12. The number of anilines is 1. The number of rotatable bonds is 2. The Hall–Kier alpha value is -1.56. The second-order valence-corrected chi connectivity index (χ2v) is 2.83. The SMILES string of the molecule is C=Cc1cc(CO)c(N)nc1C(F)(F)F. The van der Waals surface area contributed by atoms with Crippen molar-refractivity contribution >= 4 is 11.9 Å². The molecule has 0 aliphatic heterocycles. The second-order valence-electron chi connectivity index (χ2n) is 2.83. The summed E-state index contributed by atoms with van der Waals surface area (Å²) in [5.74, 6) is -0.324. The fraction of sp³-hybridized carbons (Fsp3) is 0.222. The molecule has 1 aromatic heterocycles. The number of hydrogen-bond acceptors (Lipinski definition) is 3. The highest BCUT2D eigenvalue weighted by molar-refractivity contribution is 5.56. The van der Waals surface area contributed by atoms with Gasteiger partial charge in [-0.25, -0.2) is 4.98 Å². The number of hydrogen-bond donors (Lipinski definition) is 2. The van der Waals surface area contributed by atoms with Gasteiger partial charge in [-0.2, -0.15) is 13.2 Å². The highest BCUT2D eigenvalue weighted by Gasteiger charge is 2.35. The largest absolute Gasteiger partial charge is 0.434 e. The Morgan fingerprint density at radius 3 is 2.53 bits per heavy atom. The van der Waals surface area contributed by atoms with Crippen molar-refractivity contribution in [2.24, 2.45) is 0 Å². The van der Waals surface area contributed by atoms with Gasteiger partial charge in [0.25, 0.3) is 0 Å². The fourth-order valence-corrected chi connectivity index (χ4v) is 1.10. The number of halogens is 3. The third kappa shape index (κ3) is 2.27. The van der Waals surface area contributed by atoms with Crippen molar-refractivity contribution in [2.75, 3.05) is 5.73 Å². The first-order valence-corrected chi connectivity index (χ1v) is 4.00. The molecule has 3 nitrogen and oxygen atoms in total. The summed E-state index contributed by atoms with van der Waals surface area (Å²) in [6.45, 7) is 2.79. The zero-order valence-corrected chi connectivity index (χ0v) is 7.67. The van der Waals surface area contributed by atoms with Crippen LogP contribution in [0.1, 0.15) is 16.8 Å². The Kier molecular flexibility index (Phi) is 2.99. The smallest absolute Gasteiger partial charge is 0.392 e. The number of pyridine rings is 1. The van der Waals surface area contributed by atoms with Crippen molar-refractivity contribution in [3.63, 3.8) is 0 Å². The zero-order chi connectivity index (χ0) is 11.6. The Labute approximate surface area is 84.1 Å². The Morgan fingerprint density at radius 2 is 2.13 bits per heavy atom. The average molecular weight is 218 g/mol. The van der Waals surface area contributed by atoms with Gasteiger partial charge in [0.05, 0.1) is 6.61 Å². The maximum atomic E-state index is 12.4. The standard InChI is InChI=1S/C9H9F3N2O/c1-2-5-3-6(4-15)8(13)14-7(5)9(10,11)12/h2-3,15H,1,4H2,(H2,13,14). The van der Waals surface area contributed by atoms with Gasteiger partial charge in [0.15, 0.2) is 5.69 Å². The topological polar surface area (TPSA) is 59.1 Å². The highest BCUT2D eigenvalue weighted by Crippen LogP contribution is 2.32. The first-order valence-electron chi connectivity index (χ1n) is 4.00. The van der Waals surface area contributed by atoms with Crippen LogP contribution in [-0.2, 0) is 12.8 Å². The third-order valence-corrected chi connectivity index (χ3v) is 1.82. The van der Waals surface area contributed by atoms with Gasteiger partial charge in [0, 0.05) is 11.1 Å². The predicted octanol–water partition coefficient (Wildman–Crippen LogP) is 1.82. The van der Waals surface area contributed by atoms with Crippen LogP contribution in [0.25, 0.3) is 6.08 Å². The maximum Gasteiger partial charge on any atom is 0.434 e. The number of aromatic nitrogens is 1. The number of aliphatic hydroxyl groups excluding tert-OH is 1. The van der Waals surface area contributed by atoms with Crippen molar-refractivity contribution in [2.45, 2.75) is 12.8 Å². The van der Waals surface area contributed by atoms with Gasteiger partial charge in [-0.15, -0.1) is 0 Å². The Morgan fingerprint density at radius 1 is 1.53 bits per heavy atom. The molecule has 0 aliphatic rings. The monoisotopic (exact) mass is 218 g/mol. The van der Waals surface area contributed by atoms with Gasteiger partial charge in [0.2, 0.25) is 0 Å². The molecule has 0 aromatic carbocycles. The van der Waals surface area contributed by atoms with Crippen LogP contribution in [-0.4, -0.2) is 10.1 Å².